The molecule has 0 bridgehead atoms. The third-order valence-electron chi connectivity index (χ3n) is 3.33. The molecule has 3 N–H and O–H groups in total. The lowest BCUT2D eigenvalue weighted by atomic mass is 10.1. The van der Waals surface area contributed by atoms with Crippen LogP contribution < -0.4 is 10.9 Å². The fourth-order valence-corrected chi connectivity index (χ4v) is 4.04. The van der Waals surface area contributed by atoms with E-state index in [1.807, 2.05) is 32.0 Å². The molecule has 2 heterocycles. The largest absolute Gasteiger partial charge is 0.506 e. The molecule has 0 aliphatic carbocycles. The van der Waals surface area contributed by atoms with Gasteiger partial charge in [-0.05, 0) is 25.5 Å². The fourth-order valence-electron chi connectivity index (χ4n) is 2.23. The zero-order chi connectivity index (χ0) is 17.3. The van der Waals surface area contributed by atoms with Crippen LogP contribution in [0.1, 0.15) is 11.1 Å². The summed E-state index contributed by atoms with van der Waals surface area (Å²) in [4.78, 5) is 30.2. The summed E-state index contributed by atoms with van der Waals surface area (Å²) in [5, 5.41) is 12.6. The lowest BCUT2D eigenvalue weighted by Crippen LogP contribution is -2.14. The summed E-state index contributed by atoms with van der Waals surface area (Å²) >= 11 is 2.50. The quantitative estimate of drug-likeness (QED) is 0.621. The first kappa shape index (κ1) is 16.5. The first-order valence-electron chi connectivity index (χ1n) is 7.15. The Kier molecular flexibility index (Phi) is 4.59. The number of thioether (sulfide) groups is 1. The number of rotatable bonds is 4. The van der Waals surface area contributed by atoms with Crippen LogP contribution in [-0.2, 0) is 4.79 Å². The SMILES string of the molecule is Cc1ccc(NC(=O)CSc2nc3[nH]c(=O)cc(O)c3s2)c(C)c1. The zero-order valence-corrected chi connectivity index (χ0v) is 14.7. The number of hydrogen-bond donors (Lipinski definition) is 3. The minimum Gasteiger partial charge on any atom is -0.506 e. The zero-order valence-electron chi connectivity index (χ0n) is 13.0. The predicted molar refractivity (Wildman–Crippen MR) is 97.2 cm³/mol. The highest BCUT2D eigenvalue weighted by Gasteiger charge is 2.12. The Balaban J connectivity index is 1.68. The van der Waals surface area contributed by atoms with E-state index in [2.05, 4.69) is 15.3 Å². The molecule has 0 saturated carbocycles. The van der Waals surface area contributed by atoms with Crippen molar-refractivity contribution >= 4 is 45.0 Å². The summed E-state index contributed by atoms with van der Waals surface area (Å²) < 4.78 is 1.12. The molecule has 1 amide bonds. The maximum Gasteiger partial charge on any atom is 0.253 e. The van der Waals surface area contributed by atoms with Crippen LogP contribution in [0.2, 0.25) is 0 Å². The Hall–Kier alpha value is -2.32. The van der Waals surface area contributed by atoms with Crippen molar-refractivity contribution in [2.24, 2.45) is 0 Å². The first-order chi connectivity index (χ1) is 11.4. The molecule has 3 aromatic rings. The molecule has 2 aromatic heterocycles. The van der Waals surface area contributed by atoms with Crippen molar-refractivity contribution in [3.05, 3.63) is 45.7 Å². The molecule has 8 heteroatoms. The number of nitrogens with one attached hydrogen (secondary N) is 2. The maximum absolute atomic E-state index is 12.1. The van der Waals surface area contributed by atoms with Crippen LogP contribution in [-0.4, -0.2) is 26.7 Å². The van der Waals surface area contributed by atoms with Crippen molar-refractivity contribution in [2.45, 2.75) is 18.2 Å². The molecule has 3 rings (SSSR count). The highest BCUT2D eigenvalue weighted by atomic mass is 32.2. The molecular formula is C16H15N3O3S2. The average molecular weight is 361 g/mol. The summed E-state index contributed by atoms with van der Waals surface area (Å²) in [5.74, 6) is -0.0419. The van der Waals surface area contributed by atoms with E-state index in [4.69, 9.17) is 0 Å². The monoisotopic (exact) mass is 361 g/mol. The number of aromatic hydroxyl groups is 1. The van der Waals surface area contributed by atoms with Gasteiger partial charge in [0.2, 0.25) is 5.91 Å². The van der Waals surface area contributed by atoms with Crippen LogP contribution in [0, 0.1) is 13.8 Å². The van der Waals surface area contributed by atoms with Crippen molar-refractivity contribution in [1.29, 1.82) is 0 Å². The molecule has 0 aliphatic heterocycles. The topological polar surface area (TPSA) is 95.1 Å². The molecular weight excluding hydrogens is 346 g/mol. The number of hydrogen-bond acceptors (Lipinski definition) is 6. The van der Waals surface area contributed by atoms with Gasteiger partial charge in [0, 0.05) is 11.8 Å². The first-order valence-corrected chi connectivity index (χ1v) is 8.95. The number of H-pyrrole nitrogens is 1. The number of pyridine rings is 1. The number of nitrogens with zero attached hydrogens (tertiary/aromatic N) is 1. The van der Waals surface area contributed by atoms with Gasteiger partial charge in [-0.3, -0.25) is 9.59 Å². The van der Waals surface area contributed by atoms with Crippen molar-refractivity contribution in [3.8, 4) is 5.75 Å². The Bertz CT molecular complexity index is 978. The second-order valence-electron chi connectivity index (χ2n) is 5.33. The van der Waals surface area contributed by atoms with Gasteiger partial charge in [-0.25, -0.2) is 4.98 Å². The predicted octanol–water partition coefficient (Wildman–Crippen LogP) is 3.04. The molecule has 0 atom stereocenters. The fraction of sp³-hybridized carbons (Fsp3) is 0.188. The number of amides is 1. The van der Waals surface area contributed by atoms with Crippen LogP contribution in [0.4, 0.5) is 5.69 Å². The molecule has 0 radical (unpaired) electrons. The van der Waals surface area contributed by atoms with Crippen LogP contribution in [0.15, 0.2) is 33.4 Å². The van der Waals surface area contributed by atoms with E-state index < -0.39 is 5.56 Å². The number of carbonyl (C=O) groups is 1. The second kappa shape index (κ2) is 6.66. The Morgan fingerprint density at radius 3 is 2.92 bits per heavy atom. The maximum atomic E-state index is 12.1. The number of anilines is 1. The number of fused-ring (bicyclic) bond motifs is 1. The lowest BCUT2D eigenvalue weighted by molar-refractivity contribution is -0.113. The number of aryl methyl sites for hydroxylation is 2. The van der Waals surface area contributed by atoms with Gasteiger partial charge in [0.25, 0.3) is 5.56 Å². The van der Waals surface area contributed by atoms with Crippen molar-refractivity contribution in [2.75, 3.05) is 11.1 Å². The smallest absolute Gasteiger partial charge is 0.253 e. The van der Waals surface area contributed by atoms with E-state index >= 15 is 0 Å². The van der Waals surface area contributed by atoms with Gasteiger partial charge in [-0.1, -0.05) is 29.5 Å². The molecule has 124 valence electrons. The van der Waals surface area contributed by atoms with Gasteiger partial charge in [-0.2, -0.15) is 0 Å². The molecule has 0 fully saturated rings. The Labute approximate surface area is 145 Å². The summed E-state index contributed by atoms with van der Waals surface area (Å²) in [7, 11) is 0. The molecule has 0 spiro atoms. The van der Waals surface area contributed by atoms with Crippen LogP contribution in [0.25, 0.3) is 10.3 Å². The van der Waals surface area contributed by atoms with Gasteiger partial charge in [0.15, 0.2) is 9.99 Å². The summed E-state index contributed by atoms with van der Waals surface area (Å²) in [5.41, 5.74) is 2.87. The standard InChI is InChI=1S/C16H15N3O3S2/c1-8-3-4-10(9(2)5-8)17-13(22)7-23-16-19-15-14(24-16)11(20)6-12(21)18-15/h3-6H,7H2,1-2H3,(H,17,22)(H2,18,20,21). The summed E-state index contributed by atoms with van der Waals surface area (Å²) in [6, 6.07) is 6.95. The van der Waals surface area contributed by atoms with E-state index in [1.165, 1.54) is 23.1 Å². The van der Waals surface area contributed by atoms with Gasteiger partial charge >= 0.3 is 0 Å². The highest BCUT2D eigenvalue weighted by Crippen LogP contribution is 2.32. The van der Waals surface area contributed by atoms with E-state index in [9.17, 15) is 14.7 Å². The number of benzene rings is 1. The Morgan fingerprint density at radius 1 is 1.38 bits per heavy atom. The van der Waals surface area contributed by atoms with E-state index in [1.54, 1.807) is 0 Å². The van der Waals surface area contributed by atoms with E-state index in [0.717, 1.165) is 22.9 Å². The molecule has 24 heavy (non-hydrogen) atoms. The molecule has 6 nitrogen and oxygen atoms in total. The number of thiazole rings is 1. The van der Waals surface area contributed by atoms with E-state index in [0.29, 0.717) is 14.7 Å². The normalized spacial score (nSPS) is 10.9. The third-order valence-corrected chi connectivity index (χ3v) is 5.55. The number of aromatic nitrogens is 2. The number of aromatic amines is 1. The van der Waals surface area contributed by atoms with Gasteiger partial charge in [0.1, 0.15) is 10.4 Å². The molecule has 0 unspecified atom stereocenters. The van der Waals surface area contributed by atoms with Crippen molar-refractivity contribution in [3.63, 3.8) is 0 Å². The summed E-state index contributed by atoms with van der Waals surface area (Å²) in [6.45, 7) is 3.95. The van der Waals surface area contributed by atoms with Gasteiger partial charge < -0.3 is 15.4 Å². The van der Waals surface area contributed by atoms with E-state index in [-0.39, 0.29) is 17.4 Å². The van der Waals surface area contributed by atoms with Gasteiger partial charge in [-0.15, -0.1) is 11.3 Å². The second-order valence-corrected chi connectivity index (χ2v) is 7.55. The average Bonchev–Trinajstić information content (AvgIpc) is 2.91. The Morgan fingerprint density at radius 2 is 2.17 bits per heavy atom. The highest BCUT2D eigenvalue weighted by molar-refractivity contribution is 8.01. The molecule has 0 saturated heterocycles. The van der Waals surface area contributed by atoms with Crippen molar-refractivity contribution in [1.82, 2.24) is 9.97 Å². The lowest BCUT2D eigenvalue weighted by Gasteiger charge is -2.08. The number of carbonyl (C=O) groups excluding carboxylic acids is 1. The third kappa shape index (κ3) is 3.60. The molecule has 1 aromatic carbocycles. The van der Waals surface area contributed by atoms with Crippen LogP contribution in [0.3, 0.4) is 0 Å². The van der Waals surface area contributed by atoms with Crippen molar-refractivity contribution < 1.29 is 9.90 Å². The van der Waals surface area contributed by atoms with Crippen LogP contribution >= 0.6 is 23.1 Å². The minimum atomic E-state index is -0.408. The minimum absolute atomic E-state index is 0.0992. The van der Waals surface area contributed by atoms with Gasteiger partial charge in [0.05, 0.1) is 5.75 Å². The van der Waals surface area contributed by atoms with Crippen LogP contribution in [0.5, 0.6) is 5.75 Å². The molecule has 0 aliphatic rings. The summed E-state index contributed by atoms with van der Waals surface area (Å²) in [6.07, 6.45) is 0.